The van der Waals surface area contributed by atoms with Crippen molar-refractivity contribution in [1.29, 1.82) is 0 Å². The zero-order valence-corrected chi connectivity index (χ0v) is 12.1. The number of Topliss-reactive ketones (excluding diaryl/α,β-unsaturated/α-hetero) is 1. The highest BCUT2D eigenvalue weighted by molar-refractivity contribution is 5.81. The van der Waals surface area contributed by atoms with Crippen LogP contribution in [0.1, 0.15) is 37.0 Å². The van der Waals surface area contributed by atoms with Crippen molar-refractivity contribution in [3.05, 3.63) is 34.9 Å². The summed E-state index contributed by atoms with van der Waals surface area (Å²) in [4.78, 5) is 14.2. The van der Waals surface area contributed by atoms with Crippen LogP contribution in [0, 0.1) is 13.8 Å². The van der Waals surface area contributed by atoms with Crippen molar-refractivity contribution in [3.8, 4) is 0 Å². The van der Waals surface area contributed by atoms with Gasteiger partial charge in [-0.3, -0.25) is 4.79 Å². The number of nitrogens with zero attached hydrogens (tertiary/aromatic N) is 1. The van der Waals surface area contributed by atoms with E-state index >= 15 is 0 Å². The van der Waals surface area contributed by atoms with Gasteiger partial charge in [0, 0.05) is 19.4 Å². The summed E-state index contributed by atoms with van der Waals surface area (Å²) in [6, 6.07) is 6.37. The van der Waals surface area contributed by atoms with Crippen LogP contribution < -0.4 is 0 Å². The Morgan fingerprint density at radius 3 is 2.11 bits per heavy atom. The molecule has 0 fully saturated rings. The summed E-state index contributed by atoms with van der Waals surface area (Å²) in [5.74, 6) is 0.340. The Kier molecular flexibility index (Phi) is 6.06. The average molecular weight is 247 g/mol. The Balaban J connectivity index is 2.49. The molecule has 0 N–H and O–H groups in total. The molecular weight excluding hydrogens is 222 g/mol. The van der Waals surface area contributed by atoms with E-state index in [0.717, 1.165) is 25.2 Å². The number of hydrogen-bond acceptors (Lipinski definition) is 2. The molecule has 0 unspecified atom stereocenters. The fourth-order valence-corrected chi connectivity index (χ4v) is 2.31. The number of aryl methyl sites for hydroxylation is 2. The first kappa shape index (κ1) is 14.9. The lowest BCUT2D eigenvalue weighted by Crippen LogP contribution is -2.26. The van der Waals surface area contributed by atoms with E-state index in [-0.39, 0.29) is 0 Å². The second kappa shape index (κ2) is 7.32. The monoisotopic (exact) mass is 247 g/mol. The van der Waals surface area contributed by atoms with Crippen molar-refractivity contribution in [3.63, 3.8) is 0 Å². The molecule has 1 aromatic carbocycles. The largest absolute Gasteiger partial charge is 0.303 e. The van der Waals surface area contributed by atoms with Gasteiger partial charge in [-0.1, -0.05) is 43.2 Å². The van der Waals surface area contributed by atoms with E-state index in [9.17, 15) is 4.79 Å². The van der Waals surface area contributed by atoms with Gasteiger partial charge in [0.2, 0.25) is 0 Å². The van der Waals surface area contributed by atoms with Gasteiger partial charge in [-0.25, -0.2) is 0 Å². The molecule has 0 aliphatic rings. The third-order valence-corrected chi connectivity index (χ3v) is 3.28. The first-order valence-electron chi connectivity index (χ1n) is 6.86. The molecule has 0 saturated heterocycles. The number of carbonyl (C=O) groups is 1. The smallest absolute Gasteiger partial charge is 0.138 e. The highest BCUT2D eigenvalue weighted by Gasteiger charge is 2.07. The van der Waals surface area contributed by atoms with Crippen LogP contribution in [-0.2, 0) is 11.2 Å². The van der Waals surface area contributed by atoms with Crippen molar-refractivity contribution in [2.24, 2.45) is 0 Å². The third-order valence-electron chi connectivity index (χ3n) is 3.28. The molecule has 100 valence electrons. The zero-order valence-electron chi connectivity index (χ0n) is 12.1. The Hall–Kier alpha value is -1.15. The average Bonchev–Trinajstić information content (AvgIpc) is 2.28. The predicted molar refractivity (Wildman–Crippen MR) is 77.0 cm³/mol. The van der Waals surface area contributed by atoms with Crippen LogP contribution in [0.4, 0.5) is 0 Å². The summed E-state index contributed by atoms with van der Waals surface area (Å²) in [5.41, 5.74) is 3.63. The Morgan fingerprint density at radius 1 is 1.06 bits per heavy atom. The van der Waals surface area contributed by atoms with Crippen LogP contribution in [0.25, 0.3) is 0 Å². The van der Waals surface area contributed by atoms with Gasteiger partial charge in [0.05, 0.1) is 0 Å². The van der Waals surface area contributed by atoms with Crippen LogP contribution in [0.2, 0.25) is 0 Å². The maximum atomic E-state index is 11.9. The van der Waals surface area contributed by atoms with Gasteiger partial charge in [-0.05, 0) is 32.5 Å². The first-order valence-corrected chi connectivity index (χ1v) is 6.86. The van der Waals surface area contributed by atoms with E-state index in [0.29, 0.717) is 18.6 Å². The lowest BCUT2D eigenvalue weighted by Gasteiger charge is -2.17. The van der Waals surface area contributed by atoms with Crippen molar-refractivity contribution in [1.82, 2.24) is 4.90 Å². The van der Waals surface area contributed by atoms with Crippen LogP contribution >= 0.6 is 0 Å². The molecular formula is C16H25NO. The van der Waals surface area contributed by atoms with Crippen molar-refractivity contribution in [2.45, 2.75) is 40.5 Å². The molecule has 1 rings (SSSR count). The van der Waals surface area contributed by atoms with Crippen molar-refractivity contribution in [2.75, 3.05) is 19.6 Å². The van der Waals surface area contributed by atoms with Gasteiger partial charge in [-0.2, -0.15) is 0 Å². The minimum atomic E-state index is 0.340. The molecule has 0 saturated carbocycles. The Bertz CT molecular complexity index is 374. The molecule has 18 heavy (non-hydrogen) atoms. The molecule has 0 aliphatic carbocycles. The number of benzene rings is 1. The molecule has 0 spiro atoms. The number of ketones is 1. The maximum Gasteiger partial charge on any atom is 0.138 e. The van der Waals surface area contributed by atoms with Gasteiger partial charge >= 0.3 is 0 Å². The van der Waals surface area contributed by atoms with Gasteiger partial charge in [0.1, 0.15) is 5.78 Å². The molecule has 0 atom stereocenters. The lowest BCUT2D eigenvalue weighted by atomic mass is 10.0. The molecule has 2 nitrogen and oxygen atoms in total. The molecule has 0 aromatic heterocycles. The zero-order chi connectivity index (χ0) is 13.5. The third kappa shape index (κ3) is 5.01. The quantitative estimate of drug-likeness (QED) is 0.737. The molecule has 1 aromatic rings. The summed E-state index contributed by atoms with van der Waals surface area (Å²) < 4.78 is 0. The standard InChI is InChI=1S/C16H25NO/c1-5-17(6-2)8-7-16(18)12-15-10-13(3)9-14(4)11-15/h9-11H,5-8,12H2,1-4H3. The minimum absolute atomic E-state index is 0.340. The highest BCUT2D eigenvalue weighted by atomic mass is 16.1. The second-order valence-corrected chi connectivity index (χ2v) is 4.99. The maximum absolute atomic E-state index is 11.9. The molecule has 0 radical (unpaired) electrons. The lowest BCUT2D eigenvalue weighted by molar-refractivity contribution is -0.118. The summed E-state index contributed by atoms with van der Waals surface area (Å²) in [6.07, 6.45) is 1.23. The SMILES string of the molecule is CCN(CC)CCC(=O)Cc1cc(C)cc(C)c1. The van der Waals surface area contributed by atoms with Gasteiger partial charge in [0.15, 0.2) is 0 Å². The summed E-state index contributed by atoms with van der Waals surface area (Å²) in [6.45, 7) is 11.4. The van der Waals surface area contributed by atoms with E-state index in [1.165, 1.54) is 11.1 Å². The summed E-state index contributed by atoms with van der Waals surface area (Å²) >= 11 is 0. The van der Waals surface area contributed by atoms with Crippen molar-refractivity contribution >= 4 is 5.78 Å². The predicted octanol–water partition coefficient (Wildman–Crippen LogP) is 3.15. The number of carbonyl (C=O) groups excluding carboxylic acids is 1. The normalized spacial score (nSPS) is 10.9. The topological polar surface area (TPSA) is 20.3 Å². The molecule has 0 aliphatic heterocycles. The van der Waals surface area contributed by atoms with Crippen molar-refractivity contribution < 1.29 is 4.79 Å². The van der Waals surface area contributed by atoms with E-state index in [1.54, 1.807) is 0 Å². The second-order valence-electron chi connectivity index (χ2n) is 4.99. The van der Waals surface area contributed by atoms with E-state index in [1.807, 2.05) is 0 Å². The molecule has 2 heteroatoms. The van der Waals surface area contributed by atoms with Gasteiger partial charge in [0.25, 0.3) is 0 Å². The first-order chi connectivity index (χ1) is 8.55. The number of rotatable bonds is 7. The fraction of sp³-hybridized carbons (Fsp3) is 0.562. The van der Waals surface area contributed by atoms with Gasteiger partial charge in [-0.15, -0.1) is 0 Å². The van der Waals surface area contributed by atoms with Crippen LogP contribution in [0.15, 0.2) is 18.2 Å². The molecule has 0 heterocycles. The van der Waals surface area contributed by atoms with Crippen LogP contribution in [0.3, 0.4) is 0 Å². The van der Waals surface area contributed by atoms with E-state index in [4.69, 9.17) is 0 Å². The molecule has 0 amide bonds. The van der Waals surface area contributed by atoms with E-state index in [2.05, 4.69) is 50.8 Å². The summed E-state index contributed by atoms with van der Waals surface area (Å²) in [7, 11) is 0. The Morgan fingerprint density at radius 2 is 1.61 bits per heavy atom. The minimum Gasteiger partial charge on any atom is -0.303 e. The van der Waals surface area contributed by atoms with Crippen LogP contribution in [-0.4, -0.2) is 30.3 Å². The van der Waals surface area contributed by atoms with E-state index < -0.39 is 0 Å². The highest BCUT2D eigenvalue weighted by Crippen LogP contribution is 2.10. The van der Waals surface area contributed by atoms with Gasteiger partial charge < -0.3 is 4.90 Å². The Labute approximate surface area is 111 Å². The summed E-state index contributed by atoms with van der Waals surface area (Å²) in [5, 5.41) is 0. The number of hydrogen-bond donors (Lipinski definition) is 0. The fourth-order valence-electron chi connectivity index (χ4n) is 2.31. The van der Waals surface area contributed by atoms with Crippen LogP contribution in [0.5, 0.6) is 0 Å². The molecule has 0 bridgehead atoms.